The van der Waals surface area contributed by atoms with E-state index in [4.69, 9.17) is 0 Å². The van der Waals surface area contributed by atoms with E-state index in [0.717, 1.165) is 38.6 Å². The van der Waals surface area contributed by atoms with Crippen LogP contribution in [0.5, 0.6) is 0 Å². The van der Waals surface area contributed by atoms with Crippen LogP contribution in [0.25, 0.3) is 0 Å². The number of hydrogen-bond acceptors (Lipinski definition) is 4. The number of nitrogens with zero attached hydrogens (tertiary/aromatic N) is 2. The first-order chi connectivity index (χ1) is 9.64. The molecule has 20 heavy (non-hydrogen) atoms. The molecule has 0 atom stereocenters. The highest BCUT2D eigenvalue weighted by Crippen LogP contribution is 2.21. The highest BCUT2D eigenvalue weighted by Gasteiger charge is 2.25. The van der Waals surface area contributed by atoms with E-state index in [0.29, 0.717) is 23.8 Å². The number of anilines is 1. The fourth-order valence-corrected chi connectivity index (χ4v) is 3.88. The Labute approximate surface area is 121 Å². The van der Waals surface area contributed by atoms with E-state index in [2.05, 4.69) is 17.2 Å². The van der Waals surface area contributed by atoms with Gasteiger partial charge in [-0.1, -0.05) is 19.8 Å². The van der Waals surface area contributed by atoms with Crippen LogP contribution in [0.3, 0.4) is 0 Å². The van der Waals surface area contributed by atoms with Crippen LogP contribution in [0, 0.1) is 0 Å². The van der Waals surface area contributed by atoms with Gasteiger partial charge in [-0.2, -0.15) is 4.31 Å². The highest BCUT2D eigenvalue weighted by atomic mass is 32.2. The van der Waals surface area contributed by atoms with Crippen LogP contribution in [0.2, 0.25) is 0 Å². The van der Waals surface area contributed by atoms with Crippen molar-refractivity contribution in [3.8, 4) is 0 Å². The minimum atomic E-state index is -3.38. The van der Waals surface area contributed by atoms with Gasteiger partial charge >= 0.3 is 0 Å². The lowest BCUT2D eigenvalue weighted by Gasteiger charge is -2.20. The molecule has 1 aromatic heterocycles. The number of sulfonamides is 1. The van der Waals surface area contributed by atoms with Crippen LogP contribution in [-0.4, -0.2) is 37.3 Å². The van der Waals surface area contributed by atoms with E-state index in [1.165, 1.54) is 0 Å². The summed E-state index contributed by atoms with van der Waals surface area (Å²) in [5, 5.41) is 3.13. The van der Waals surface area contributed by atoms with Crippen molar-refractivity contribution in [1.29, 1.82) is 0 Å². The van der Waals surface area contributed by atoms with Crippen molar-refractivity contribution in [2.45, 2.75) is 43.9 Å². The van der Waals surface area contributed by atoms with Gasteiger partial charge in [0, 0.05) is 31.9 Å². The minimum Gasteiger partial charge on any atom is -0.370 e. The molecule has 1 aliphatic heterocycles. The molecule has 2 rings (SSSR count). The predicted molar refractivity (Wildman–Crippen MR) is 80.2 cm³/mol. The zero-order chi connectivity index (χ0) is 14.4. The second-order valence-corrected chi connectivity index (χ2v) is 7.06. The molecule has 0 amide bonds. The van der Waals surface area contributed by atoms with E-state index in [-0.39, 0.29) is 0 Å². The molecular formula is C14H23N3O2S. The van der Waals surface area contributed by atoms with Gasteiger partial charge < -0.3 is 5.32 Å². The van der Waals surface area contributed by atoms with Gasteiger partial charge in [-0.15, -0.1) is 0 Å². The molecule has 1 fully saturated rings. The third-order valence-electron chi connectivity index (χ3n) is 3.49. The number of rotatable bonds is 5. The van der Waals surface area contributed by atoms with Crippen LogP contribution in [0.15, 0.2) is 23.2 Å². The summed E-state index contributed by atoms with van der Waals surface area (Å²) < 4.78 is 26.9. The predicted octanol–water partition coefficient (Wildman–Crippen LogP) is 2.47. The SMILES string of the molecule is CCCNc1cc(S(=O)(=O)N2CCCCCC2)ccn1. The number of nitrogens with one attached hydrogen (secondary N) is 1. The Hall–Kier alpha value is -1.14. The van der Waals surface area contributed by atoms with Crippen molar-refractivity contribution >= 4 is 15.8 Å². The van der Waals surface area contributed by atoms with Gasteiger partial charge in [-0.25, -0.2) is 13.4 Å². The molecule has 1 aromatic rings. The van der Waals surface area contributed by atoms with Gasteiger partial charge in [0.15, 0.2) is 0 Å². The molecule has 0 aliphatic carbocycles. The Morgan fingerprint density at radius 1 is 1.25 bits per heavy atom. The molecule has 5 nitrogen and oxygen atoms in total. The molecule has 1 N–H and O–H groups in total. The number of aromatic nitrogens is 1. The van der Waals surface area contributed by atoms with Gasteiger partial charge in [-0.05, 0) is 25.3 Å². The number of hydrogen-bond donors (Lipinski definition) is 1. The Kier molecular flexibility index (Phi) is 5.37. The maximum atomic E-state index is 12.6. The summed E-state index contributed by atoms with van der Waals surface area (Å²) in [4.78, 5) is 4.50. The van der Waals surface area contributed by atoms with E-state index in [9.17, 15) is 8.42 Å². The summed E-state index contributed by atoms with van der Waals surface area (Å²) in [7, 11) is -3.38. The van der Waals surface area contributed by atoms with E-state index in [1.54, 1.807) is 22.6 Å². The van der Waals surface area contributed by atoms with E-state index in [1.807, 2.05) is 0 Å². The lowest BCUT2D eigenvalue weighted by molar-refractivity contribution is 0.423. The standard InChI is InChI=1S/C14H23N3O2S/c1-2-8-15-14-12-13(7-9-16-14)20(18,19)17-10-5-3-4-6-11-17/h7,9,12H,2-6,8,10-11H2,1H3,(H,15,16). The quantitative estimate of drug-likeness (QED) is 0.907. The summed E-state index contributed by atoms with van der Waals surface area (Å²) in [6, 6.07) is 3.22. The van der Waals surface area contributed by atoms with Gasteiger partial charge in [0.2, 0.25) is 10.0 Å². The molecule has 2 heterocycles. The molecule has 1 saturated heterocycles. The first kappa shape index (κ1) is 15.3. The van der Waals surface area contributed by atoms with Crippen LogP contribution in [0.4, 0.5) is 5.82 Å². The molecule has 1 aliphatic rings. The topological polar surface area (TPSA) is 62.3 Å². The molecule has 0 aromatic carbocycles. The normalized spacial score (nSPS) is 17.6. The largest absolute Gasteiger partial charge is 0.370 e. The smallest absolute Gasteiger partial charge is 0.243 e. The fraction of sp³-hybridized carbons (Fsp3) is 0.643. The van der Waals surface area contributed by atoms with Crippen LogP contribution < -0.4 is 5.32 Å². The van der Waals surface area contributed by atoms with Crippen molar-refractivity contribution in [2.75, 3.05) is 25.0 Å². The summed E-state index contributed by atoms with van der Waals surface area (Å²) >= 11 is 0. The van der Waals surface area contributed by atoms with Crippen molar-refractivity contribution in [2.24, 2.45) is 0 Å². The molecule has 0 unspecified atom stereocenters. The maximum absolute atomic E-state index is 12.6. The second kappa shape index (κ2) is 7.04. The lowest BCUT2D eigenvalue weighted by atomic mass is 10.2. The van der Waals surface area contributed by atoms with Crippen LogP contribution >= 0.6 is 0 Å². The van der Waals surface area contributed by atoms with Crippen LogP contribution in [0.1, 0.15) is 39.0 Å². The average molecular weight is 297 g/mol. The Bertz CT molecular complexity index is 523. The van der Waals surface area contributed by atoms with Crippen molar-refractivity contribution in [3.05, 3.63) is 18.3 Å². The van der Waals surface area contributed by atoms with Crippen molar-refractivity contribution in [3.63, 3.8) is 0 Å². The third kappa shape index (κ3) is 3.70. The lowest BCUT2D eigenvalue weighted by Crippen LogP contribution is -2.32. The zero-order valence-electron chi connectivity index (χ0n) is 12.0. The number of pyridine rings is 1. The second-order valence-electron chi connectivity index (χ2n) is 5.12. The molecule has 0 saturated carbocycles. The first-order valence-electron chi connectivity index (χ1n) is 7.34. The Balaban J connectivity index is 2.19. The van der Waals surface area contributed by atoms with Gasteiger partial charge in [-0.3, -0.25) is 0 Å². The minimum absolute atomic E-state index is 0.341. The maximum Gasteiger partial charge on any atom is 0.243 e. The molecule has 0 radical (unpaired) electrons. The molecule has 0 spiro atoms. The van der Waals surface area contributed by atoms with Gasteiger partial charge in [0.05, 0.1) is 4.90 Å². The molecule has 6 heteroatoms. The molecular weight excluding hydrogens is 274 g/mol. The van der Waals surface area contributed by atoms with E-state index >= 15 is 0 Å². The monoisotopic (exact) mass is 297 g/mol. The zero-order valence-corrected chi connectivity index (χ0v) is 12.8. The molecule has 112 valence electrons. The van der Waals surface area contributed by atoms with Crippen LogP contribution in [-0.2, 0) is 10.0 Å². The summed E-state index contributed by atoms with van der Waals surface area (Å²) in [6.45, 7) is 4.11. The van der Waals surface area contributed by atoms with E-state index < -0.39 is 10.0 Å². The third-order valence-corrected chi connectivity index (χ3v) is 5.38. The summed E-state index contributed by atoms with van der Waals surface area (Å²) in [5.41, 5.74) is 0. The average Bonchev–Trinajstić information content (AvgIpc) is 2.75. The Morgan fingerprint density at radius 3 is 2.60 bits per heavy atom. The van der Waals surface area contributed by atoms with Crippen molar-refractivity contribution < 1.29 is 8.42 Å². The summed E-state index contributed by atoms with van der Waals surface area (Å²) in [5.74, 6) is 0.628. The highest BCUT2D eigenvalue weighted by molar-refractivity contribution is 7.89. The molecule has 0 bridgehead atoms. The summed E-state index contributed by atoms with van der Waals surface area (Å²) in [6.07, 6.45) is 6.67. The van der Waals surface area contributed by atoms with Gasteiger partial charge in [0.25, 0.3) is 0 Å². The van der Waals surface area contributed by atoms with Crippen molar-refractivity contribution in [1.82, 2.24) is 9.29 Å². The Morgan fingerprint density at radius 2 is 1.95 bits per heavy atom. The van der Waals surface area contributed by atoms with Gasteiger partial charge in [0.1, 0.15) is 5.82 Å². The fourth-order valence-electron chi connectivity index (χ4n) is 2.35. The first-order valence-corrected chi connectivity index (χ1v) is 8.78.